The summed E-state index contributed by atoms with van der Waals surface area (Å²) in [5.74, 6) is -1.10. The number of amides is 1. The fraction of sp³-hybridized carbons (Fsp3) is 0.259. The Morgan fingerprint density at radius 3 is 2.64 bits per heavy atom. The zero-order valence-electron chi connectivity index (χ0n) is 21.3. The number of nitrogens with zero attached hydrogens (tertiary/aromatic N) is 3. The standard InChI is InChI=1S/C27H29N5O5S2/c1-38-13-11-25(27(34)35)31-26(33)23-10-9-21(14-24(23)19-6-3-2-4-7-19)32(17-20-15-29-18-30-20)39(36,37)22-8-5-12-28-16-22/h2-4,6-10,14-16,18,25H,5,11-13,17H2,1H3,(H,29,30)(H,31,33)(H,34,35)/t25-/m0/s1. The van der Waals surface area contributed by atoms with E-state index in [4.69, 9.17) is 0 Å². The number of thioether (sulfide) groups is 1. The van der Waals surface area contributed by atoms with Crippen LogP contribution in [0.5, 0.6) is 0 Å². The topological polar surface area (TPSA) is 145 Å². The highest BCUT2D eigenvalue weighted by Crippen LogP contribution is 2.32. The van der Waals surface area contributed by atoms with Gasteiger partial charge in [-0.15, -0.1) is 0 Å². The monoisotopic (exact) mass is 567 g/mol. The van der Waals surface area contributed by atoms with Gasteiger partial charge in [-0.3, -0.25) is 14.1 Å². The predicted molar refractivity (Wildman–Crippen MR) is 154 cm³/mol. The molecule has 0 spiro atoms. The van der Waals surface area contributed by atoms with E-state index in [-0.39, 0.29) is 23.4 Å². The molecule has 0 aliphatic carbocycles. The first-order valence-corrected chi connectivity index (χ1v) is 15.1. The van der Waals surface area contributed by atoms with E-state index < -0.39 is 27.9 Å². The second-order valence-electron chi connectivity index (χ2n) is 8.76. The number of hydrogen-bond donors (Lipinski definition) is 3. The number of rotatable bonds is 12. The normalized spacial score (nSPS) is 13.9. The fourth-order valence-corrected chi connectivity index (χ4v) is 6.06. The lowest BCUT2D eigenvalue weighted by Gasteiger charge is -2.26. The molecule has 0 saturated heterocycles. The molecule has 0 bridgehead atoms. The summed E-state index contributed by atoms with van der Waals surface area (Å²) >= 11 is 1.49. The largest absolute Gasteiger partial charge is 0.480 e. The lowest BCUT2D eigenvalue weighted by Crippen LogP contribution is -2.41. The van der Waals surface area contributed by atoms with Crippen LogP contribution in [0.3, 0.4) is 0 Å². The minimum absolute atomic E-state index is 0.0247. The zero-order valence-corrected chi connectivity index (χ0v) is 22.9. The number of sulfonamides is 1. The summed E-state index contributed by atoms with van der Waals surface area (Å²) < 4.78 is 28.8. The van der Waals surface area contributed by atoms with Gasteiger partial charge in [-0.2, -0.15) is 11.8 Å². The average molecular weight is 568 g/mol. The molecule has 4 rings (SSSR count). The number of allylic oxidation sites excluding steroid dienone is 1. The molecule has 1 atom stereocenters. The Morgan fingerprint density at radius 2 is 2.00 bits per heavy atom. The van der Waals surface area contributed by atoms with Crippen molar-refractivity contribution < 1.29 is 23.1 Å². The average Bonchev–Trinajstić information content (AvgIpc) is 3.48. The molecular weight excluding hydrogens is 538 g/mol. The van der Waals surface area contributed by atoms with Crippen LogP contribution in [0.2, 0.25) is 0 Å². The van der Waals surface area contributed by atoms with E-state index in [0.29, 0.717) is 41.2 Å². The Hall–Kier alpha value is -3.90. The second-order valence-corrected chi connectivity index (χ2v) is 11.6. The number of nitrogens with one attached hydrogen (secondary N) is 2. The maximum absolute atomic E-state index is 13.8. The minimum atomic E-state index is -4.01. The molecule has 12 heteroatoms. The molecule has 1 amide bonds. The molecular formula is C27H29N5O5S2. The summed E-state index contributed by atoms with van der Waals surface area (Å²) in [5, 5.41) is 12.2. The second kappa shape index (κ2) is 12.8. The Bertz CT molecular complexity index is 1470. The minimum Gasteiger partial charge on any atom is -0.480 e. The molecule has 2 aromatic carbocycles. The van der Waals surface area contributed by atoms with Gasteiger partial charge in [0, 0.05) is 24.5 Å². The SMILES string of the molecule is CSCC[C@H](NC(=O)c1ccc(N(Cc2cnc[nH]2)S(=O)(=O)C2=CCCN=C2)cc1-c1ccccc1)C(=O)O. The quantitative estimate of drug-likeness (QED) is 0.303. The highest BCUT2D eigenvalue weighted by atomic mass is 32.2. The van der Waals surface area contributed by atoms with Crippen molar-refractivity contribution in [1.29, 1.82) is 0 Å². The van der Waals surface area contributed by atoms with Crippen LogP contribution in [0.15, 0.2) is 77.0 Å². The third kappa shape index (κ3) is 6.76. The molecule has 0 saturated carbocycles. The number of imidazole rings is 1. The van der Waals surface area contributed by atoms with Crippen LogP contribution < -0.4 is 9.62 Å². The number of dihydropyridines is 1. The Kier molecular flexibility index (Phi) is 9.20. The van der Waals surface area contributed by atoms with E-state index in [9.17, 15) is 23.1 Å². The molecule has 39 heavy (non-hydrogen) atoms. The molecule has 3 aromatic rings. The number of carboxylic acids is 1. The third-order valence-electron chi connectivity index (χ3n) is 6.11. The summed E-state index contributed by atoms with van der Waals surface area (Å²) in [4.78, 5) is 36.3. The molecule has 0 radical (unpaired) electrons. The Morgan fingerprint density at radius 1 is 1.21 bits per heavy atom. The van der Waals surface area contributed by atoms with Crippen LogP contribution >= 0.6 is 11.8 Å². The van der Waals surface area contributed by atoms with E-state index >= 15 is 0 Å². The number of carbonyl (C=O) groups is 2. The third-order valence-corrected chi connectivity index (χ3v) is 8.55. The van der Waals surface area contributed by atoms with E-state index in [1.54, 1.807) is 24.4 Å². The number of H-pyrrole nitrogens is 1. The Labute approximate surface area is 231 Å². The Balaban J connectivity index is 1.79. The first-order valence-electron chi connectivity index (χ1n) is 12.2. The van der Waals surface area contributed by atoms with Gasteiger partial charge in [0.15, 0.2) is 0 Å². The van der Waals surface area contributed by atoms with Crippen LogP contribution in [0.4, 0.5) is 5.69 Å². The number of carboxylic acid groups (broad SMARTS) is 1. The van der Waals surface area contributed by atoms with Crippen LogP contribution in [0.1, 0.15) is 28.9 Å². The smallest absolute Gasteiger partial charge is 0.326 e. The highest BCUT2D eigenvalue weighted by molar-refractivity contribution is 7.98. The lowest BCUT2D eigenvalue weighted by molar-refractivity contribution is -0.139. The predicted octanol–water partition coefficient (Wildman–Crippen LogP) is 3.71. The van der Waals surface area contributed by atoms with Crippen molar-refractivity contribution in [3.63, 3.8) is 0 Å². The molecule has 0 unspecified atom stereocenters. The van der Waals surface area contributed by atoms with E-state index in [1.165, 1.54) is 34.7 Å². The summed E-state index contributed by atoms with van der Waals surface area (Å²) in [5.41, 5.74) is 2.29. The van der Waals surface area contributed by atoms with Crippen molar-refractivity contribution >= 4 is 45.6 Å². The van der Waals surface area contributed by atoms with Crippen molar-refractivity contribution in [3.8, 4) is 11.1 Å². The van der Waals surface area contributed by atoms with Gasteiger partial charge >= 0.3 is 5.97 Å². The van der Waals surface area contributed by atoms with E-state index in [0.717, 1.165) is 0 Å². The van der Waals surface area contributed by atoms with Crippen molar-refractivity contribution in [2.45, 2.75) is 25.4 Å². The van der Waals surface area contributed by atoms with Gasteiger partial charge < -0.3 is 15.4 Å². The van der Waals surface area contributed by atoms with Gasteiger partial charge in [0.1, 0.15) is 10.9 Å². The molecule has 0 fully saturated rings. The molecule has 1 aromatic heterocycles. The number of anilines is 1. The number of aliphatic imine (C=N–C) groups is 1. The molecule has 3 N–H and O–H groups in total. The van der Waals surface area contributed by atoms with Gasteiger partial charge in [-0.25, -0.2) is 18.2 Å². The van der Waals surface area contributed by atoms with Crippen molar-refractivity contribution in [3.05, 3.63) is 83.3 Å². The number of benzene rings is 2. The molecule has 2 heterocycles. The van der Waals surface area contributed by atoms with Crippen LogP contribution in [-0.4, -0.2) is 66.2 Å². The van der Waals surface area contributed by atoms with Crippen LogP contribution in [0.25, 0.3) is 11.1 Å². The summed E-state index contributed by atoms with van der Waals surface area (Å²) in [6.07, 6.45) is 8.67. The van der Waals surface area contributed by atoms with Gasteiger partial charge in [-0.1, -0.05) is 36.4 Å². The number of carbonyl (C=O) groups excluding carboxylic acids is 1. The number of aromatic amines is 1. The zero-order chi connectivity index (χ0) is 27.8. The van der Waals surface area contributed by atoms with Gasteiger partial charge in [-0.05, 0) is 54.2 Å². The fourth-order valence-electron chi connectivity index (χ4n) is 4.10. The van der Waals surface area contributed by atoms with Crippen molar-refractivity contribution in [1.82, 2.24) is 15.3 Å². The van der Waals surface area contributed by atoms with Gasteiger partial charge in [0.05, 0.1) is 24.3 Å². The molecule has 10 nitrogen and oxygen atoms in total. The lowest BCUT2D eigenvalue weighted by atomic mass is 9.98. The van der Waals surface area contributed by atoms with E-state index in [2.05, 4.69) is 20.3 Å². The molecule has 204 valence electrons. The summed E-state index contributed by atoms with van der Waals surface area (Å²) in [7, 11) is -4.01. The number of aromatic nitrogens is 2. The summed E-state index contributed by atoms with van der Waals surface area (Å²) in [6.45, 7) is 0.499. The first kappa shape index (κ1) is 28.1. The van der Waals surface area contributed by atoms with Crippen molar-refractivity contribution in [2.75, 3.05) is 22.9 Å². The number of aliphatic carboxylic acids is 1. The van der Waals surface area contributed by atoms with Crippen molar-refractivity contribution in [2.24, 2.45) is 4.99 Å². The summed E-state index contributed by atoms with van der Waals surface area (Å²) in [6, 6.07) is 12.7. The molecule has 1 aliphatic rings. The van der Waals surface area contributed by atoms with Crippen LogP contribution in [-0.2, 0) is 21.4 Å². The maximum Gasteiger partial charge on any atom is 0.326 e. The van der Waals surface area contributed by atoms with Gasteiger partial charge in [0.25, 0.3) is 15.9 Å². The first-order chi connectivity index (χ1) is 18.8. The maximum atomic E-state index is 13.8. The number of hydrogen-bond acceptors (Lipinski definition) is 7. The molecule has 1 aliphatic heterocycles. The van der Waals surface area contributed by atoms with E-state index in [1.807, 2.05) is 36.6 Å². The van der Waals surface area contributed by atoms with Crippen LogP contribution in [0, 0.1) is 0 Å². The highest BCUT2D eigenvalue weighted by Gasteiger charge is 2.29. The van der Waals surface area contributed by atoms with Gasteiger partial charge in [0.2, 0.25) is 0 Å².